The van der Waals surface area contributed by atoms with Crippen LogP contribution in [0.5, 0.6) is 0 Å². The third-order valence-electron chi connectivity index (χ3n) is 2.86. The number of pyridine rings is 2. The number of hydrogen-bond acceptors (Lipinski definition) is 3. The van der Waals surface area contributed by atoms with E-state index in [0.29, 0.717) is 0 Å². The van der Waals surface area contributed by atoms with Crippen molar-refractivity contribution in [3.05, 3.63) is 85.4 Å². The second-order valence-electron chi connectivity index (χ2n) is 4.36. The van der Waals surface area contributed by atoms with Gasteiger partial charge in [-0.2, -0.15) is 0 Å². The zero-order valence-electron chi connectivity index (χ0n) is 11.7. The van der Waals surface area contributed by atoms with Crippen LogP contribution in [0.25, 0.3) is 23.0 Å². The molecule has 0 unspecified atom stereocenters. The monoisotopic (exact) mass is 275 g/mol. The van der Waals surface area contributed by atoms with Gasteiger partial charge in [-0.3, -0.25) is 4.98 Å². The van der Waals surface area contributed by atoms with E-state index in [9.17, 15) is 0 Å². The average Bonchev–Trinajstić information content (AvgIpc) is 2.55. The zero-order chi connectivity index (χ0) is 15.1. The molecule has 0 aliphatic heterocycles. The molecular weight excluding hydrogens is 258 g/mol. The Morgan fingerprint density at radius 2 is 2.00 bits per heavy atom. The first kappa shape index (κ1) is 14.5. The minimum atomic E-state index is 0.787. The molecule has 104 valence electrons. The fourth-order valence-electron chi connectivity index (χ4n) is 1.80. The zero-order valence-corrected chi connectivity index (χ0v) is 11.7. The third kappa shape index (κ3) is 3.76. The van der Waals surface area contributed by atoms with Crippen molar-refractivity contribution >= 4 is 11.6 Å². The van der Waals surface area contributed by atoms with Crippen LogP contribution in [-0.4, -0.2) is 9.97 Å². The molecule has 0 fully saturated rings. The first-order valence-electron chi connectivity index (χ1n) is 6.54. The van der Waals surface area contributed by atoms with Crippen molar-refractivity contribution in [1.82, 2.24) is 9.97 Å². The van der Waals surface area contributed by atoms with Crippen molar-refractivity contribution in [2.45, 2.75) is 0 Å². The number of hydrogen-bond donors (Lipinski definition) is 1. The van der Waals surface area contributed by atoms with Gasteiger partial charge in [-0.1, -0.05) is 37.5 Å². The molecule has 21 heavy (non-hydrogen) atoms. The van der Waals surface area contributed by atoms with Crippen molar-refractivity contribution in [2.75, 3.05) is 0 Å². The fourth-order valence-corrected chi connectivity index (χ4v) is 1.80. The molecule has 2 N–H and O–H groups in total. The summed E-state index contributed by atoms with van der Waals surface area (Å²) < 4.78 is 0. The average molecular weight is 275 g/mol. The van der Waals surface area contributed by atoms with E-state index in [1.165, 1.54) is 6.20 Å². The molecule has 0 aliphatic carbocycles. The van der Waals surface area contributed by atoms with Gasteiger partial charge in [0.05, 0.1) is 17.1 Å². The topological polar surface area (TPSA) is 51.8 Å². The molecule has 0 bridgehead atoms. The van der Waals surface area contributed by atoms with E-state index in [-0.39, 0.29) is 0 Å². The molecule has 2 heterocycles. The highest BCUT2D eigenvalue weighted by molar-refractivity contribution is 5.74. The number of aromatic nitrogens is 2. The molecule has 0 spiro atoms. The lowest BCUT2D eigenvalue weighted by atomic mass is 10.1. The van der Waals surface area contributed by atoms with Gasteiger partial charge in [0.1, 0.15) is 0 Å². The number of nitrogens with zero attached hydrogens (tertiary/aromatic N) is 2. The van der Waals surface area contributed by atoms with Crippen LogP contribution in [0.2, 0.25) is 0 Å². The van der Waals surface area contributed by atoms with Crippen LogP contribution in [-0.2, 0) is 0 Å². The molecular formula is C18H17N3. The highest BCUT2D eigenvalue weighted by atomic mass is 14.8. The van der Waals surface area contributed by atoms with Gasteiger partial charge in [0.25, 0.3) is 0 Å². The normalized spacial score (nSPS) is 11.0. The molecule has 0 radical (unpaired) electrons. The van der Waals surface area contributed by atoms with Crippen LogP contribution in [0.3, 0.4) is 0 Å². The second kappa shape index (κ2) is 7.01. The Balaban J connectivity index is 2.43. The van der Waals surface area contributed by atoms with Crippen molar-refractivity contribution in [1.29, 1.82) is 0 Å². The standard InChI is InChI=1S/C18H17N3/c1-3-15-12-17(14(2)8-4-6-10-19)21-18(13-15)16-9-5-7-11-20-16/h3-13H,1-2,19H2/b8-4-,10-6-. The minimum Gasteiger partial charge on any atom is -0.405 e. The maximum atomic E-state index is 5.30. The van der Waals surface area contributed by atoms with Gasteiger partial charge in [-0.25, -0.2) is 4.98 Å². The first-order valence-corrected chi connectivity index (χ1v) is 6.54. The second-order valence-corrected chi connectivity index (χ2v) is 4.36. The lowest BCUT2D eigenvalue weighted by molar-refractivity contribution is 1.22. The summed E-state index contributed by atoms with van der Waals surface area (Å²) in [4.78, 5) is 8.94. The van der Waals surface area contributed by atoms with Crippen molar-refractivity contribution in [2.24, 2.45) is 5.73 Å². The molecule has 2 rings (SSSR count). The van der Waals surface area contributed by atoms with E-state index in [2.05, 4.69) is 23.1 Å². The minimum absolute atomic E-state index is 0.787. The molecule has 0 saturated heterocycles. The smallest absolute Gasteiger partial charge is 0.0899 e. The Kier molecular flexibility index (Phi) is 4.83. The summed E-state index contributed by atoms with van der Waals surface area (Å²) in [6, 6.07) is 9.64. The summed E-state index contributed by atoms with van der Waals surface area (Å²) >= 11 is 0. The van der Waals surface area contributed by atoms with E-state index < -0.39 is 0 Å². The van der Waals surface area contributed by atoms with Gasteiger partial charge >= 0.3 is 0 Å². The summed E-state index contributed by atoms with van der Waals surface area (Å²) in [5, 5.41) is 0. The third-order valence-corrected chi connectivity index (χ3v) is 2.86. The largest absolute Gasteiger partial charge is 0.405 e. The molecule has 0 amide bonds. The molecule has 2 aromatic rings. The predicted molar refractivity (Wildman–Crippen MR) is 89.1 cm³/mol. The lowest BCUT2D eigenvalue weighted by Gasteiger charge is -2.06. The van der Waals surface area contributed by atoms with Crippen LogP contribution in [0.1, 0.15) is 11.3 Å². The Bertz CT molecular complexity index is 698. The maximum absolute atomic E-state index is 5.30. The van der Waals surface area contributed by atoms with E-state index in [1.807, 2.05) is 42.5 Å². The molecule has 0 saturated carbocycles. The fraction of sp³-hybridized carbons (Fsp3) is 0. The molecule has 0 atom stereocenters. The molecule has 3 heteroatoms. The number of allylic oxidation sites excluding steroid dienone is 4. The van der Waals surface area contributed by atoms with Crippen LogP contribution < -0.4 is 5.73 Å². The summed E-state index contributed by atoms with van der Waals surface area (Å²) in [6.45, 7) is 7.85. The van der Waals surface area contributed by atoms with E-state index >= 15 is 0 Å². The molecule has 0 aromatic carbocycles. The molecule has 0 aliphatic rings. The van der Waals surface area contributed by atoms with Gasteiger partial charge in [-0.15, -0.1) is 0 Å². The first-order chi connectivity index (χ1) is 10.2. The van der Waals surface area contributed by atoms with Gasteiger partial charge in [0, 0.05) is 6.20 Å². The maximum Gasteiger partial charge on any atom is 0.0899 e. The van der Waals surface area contributed by atoms with Crippen LogP contribution in [0.15, 0.2) is 74.1 Å². The van der Waals surface area contributed by atoms with E-state index in [0.717, 1.165) is 28.2 Å². The Morgan fingerprint density at radius 3 is 2.67 bits per heavy atom. The molecule has 2 aromatic heterocycles. The predicted octanol–water partition coefficient (Wildman–Crippen LogP) is 3.83. The van der Waals surface area contributed by atoms with E-state index in [4.69, 9.17) is 5.73 Å². The summed E-state index contributed by atoms with van der Waals surface area (Å²) in [6.07, 6.45) is 10.4. The van der Waals surface area contributed by atoms with Gasteiger partial charge < -0.3 is 5.73 Å². The summed E-state index contributed by atoms with van der Waals surface area (Å²) in [5.41, 5.74) is 9.48. The van der Waals surface area contributed by atoms with Gasteiger partial charge in [0.15, 0.2) is 0 Å². The lowest BCUT2D eigenvalue weighted by Crippen LogP contribution is -1.93. The summed E-state index contributed by atoms with van der Waals surface area (Å²) in [7, 11) is 0. The summed E-state index contributed by atoms with van der Waals surface area (Å²) in [5.74, 6) is 0. The van der Waals surface area contributed by atoms with Gasteiger partial charge in [-0.05, 0) is 47.7 Å². The highest BCUT2D eigenvalue weighted by Gasteiger charge is 2.05. The Morgan fingerprint density at radius 1 is 1.14 bits per heavy atom. The van der Waals surface area contributed by atoms with Crippen molar-refractivity contribution < 1.29 is 0 Å². The van der Waals surface area contributed by atoms with Crippen LogP contribution in [0, 0.1) is 0 Å². The van der Waals surface area contributed by atoms with Gasteiger partial charge in [0.2, 0.25) is 0 Å². The quantitative estimate of drug-likeness (QED) is 0.844. The number of nitrogens with two attached hydrogens (primary N) is 1. The molecule has 3 nitrogen and oxygen atoms in total. The van der Waals surface area contributed by atoms with Crippen molar-refractivity contribution in [3.8, 4) is 11.4 Å². The highest BCUT2D eigenvalue weighted by Crippen LogP contribution is 2.21. The van der Waals surface area contributed by atoms with Crippen molar-refractivity contribution in [3.63, 3.8) is 0 Å². The van der Waals surface area contributed by atoms with E-state index in [1.54, 1.807) is 18.3 Å². The Labute approximate surface area is 124 Å². The SMILES string of the molecule is C=Cc1cc(C(=C)/C=C\C=C/N)nc(-c2ccccn2)c1. The van der Waals surface area contributed by atoms with Crippen LogP contribution >= 0.6 is 0 Å². The Hall–Kier alpha value is -2.94. The number of rotatable bonds is 5. The van der Waals surface area contributed by atoms with Crippen LogP contribution in [0.4, 0.5) is 0 Å².